The molecule has 0 heterocycles. The van der Waals surface area contributed by atoms with Gasteiger partial charge in [-0.05, 0) is 150 Å². The van der Waals surface area contributed by atoms with Crippen molar-refractivity contribution in [3.05, 3.63) is 206 Å². The predicted molar refractivity (Wildman–Crippen MR) is 455 cm³/mol. The molecule has 0 saturated carbocycles. The van der Waals surface area contributed by atoms with E-state index in [0.29, 0.717) is 179 Å². The number of aliphatic hydroxyl groups is 3. The average molecular weight is 1680 g/mol. The Morgan fingerprint density at radius 3 is 1.25 bits per heavy atom. The number of aldehydes is 1. The van der Waals surface area contributed by atoms with Crippen molar-refractivity contribution >= 4 is 23.0 Å². The number of aliphatic hydroxyl groups excluding tert-OH is 3. The number of ether oxygens (including phenoxy) is 21. The van der Waals surface area contributed by atoms with E-state index in [1.807, 2.05) is 37.3 Å². The molecule has 121 heavy (non-hydrogen) atoms. The fourth-order valence-electron chi connectivity index (χ4n) is 14.1. The van der Waals surface area contributed by atoms with Crippen LogP contribution in [0.2, 0.25) is 0 Å². The summed E-state index contributed by atoms with van der Waals surface area (Å²) in [5.74, 6) is 0.254. The van der Waals surface area contributed by atoms with Gasteiger partial charge in [0, 0.05) is 21.3 Å². The summed E-state index contributed by atoms with van der Waals surface area (Å²) < 4.78 is 122. The van der Waals surface area contributed by atoms with Gasteiger partial charge >= 0.3 is 5.97 Å². The van der Waals surface area contributed by atoms with Gasteiger partial charge in [0.1, 0.15) is 25.6 Å². The second-order valence-corrected chi connectivity index (χ2v) is 28.3. The molecule has 0 amide bonds. The Morgan fingerprint density at radius 1 is 0.322 bits per heavy atom. The predicted octanol–water partition coefficient (Wildman–Crippen LogP) is 11.1. The summed E-state index contributed by atoms with van der Waals surface area (Å²) in [5, 5.41) is 40.2. The Hall–Kier alpha value is -8.28. The Bertz CT molecular complexity index is 4250. The Balaban J connectivity index is 1.19. The molecule has 8 aromatic carbocycles. The smallest absolute Gasteiger partial charge is 0.336 e. The van der Waals surface area contributed by atoms with Gasteiger partial charge in [-0.15, -0.1) is 0 Å². The van der Waals surface area contributed by atoms with Crippen molar-refractivity contribution in [2.24, 2.45) is 0 Å². The Morgan fingerprint density at radius 2 is 0.727 bits per heavy atom. The van der Waals surface area contributed by atoms with Crippen LogP contribution in [0.4, 0.5) is 0 Å². The van der Waals surface area contributed by atoms with Crippen molar-refractivity contribution in [2.75, 3.05) is 259 Å². The van der Waals surface area contributed by atoms with Crippen LogP contribution in [-0.4, -0.2) is 292 Å². The molecule has 0 bridgehead atoms. The van der Waals surface area contributed by atoms with E-state index in [1.165, 1.54) is 0 Å². The SMILES string of the molecule is COCCOCCOCCOc1ccc(-c2cc(Cc3ccc4c(c3)C(c3ccc(COCCOCCOCCO)c(COCCOCCOCCO)c3)(c3ccc(OCCOCCOCCOC)c(OCCOCCOCCOC)c3)c3cc(C)ccc3-4)cc3c(-c4ccc(COCCOCCOCCO)c(C(=O)O)c4)cc(C)cc23)cc1C=O. The zero-order chi connectivity index (χ0) is 85.3. The van der Waals surface area contributed by atoms with Gasteiger partial charge in [-0.2, -0.15) is 0 Å². The number of carbonyl (C=O) groups excluding carboxylic acids is 1. The number of carboxylic acids is 1. The first-order valence-corrected chi connectivity index (χ1v) is 41.4. The summed E-state index contributed by atoms with van der Waals surface area (Å²) in [6.07, 6.45) is 1.19. The normalized spacial score (nSPS) is 13.0. The molecule has 0 fully saturated rings. The van der Waals surface area contributed by atoms with E-state index in [0.717, 1.165) is 101 Å². The van der Waals surface area contributed by atoms with Crippen LogP contribution in [0.1, 0.15) is 81.9 Å². The number of aryl methyl sites for hydroxylation is 2. The Kier molecular flexibility index (Phi) is 44.5. The number of benzene rings is 8. The number of carboxylic acid groups (broad SMARTS) is 1. The Labute approximate surface area is 710 Å². The number of aromatic carboxylic acids is 1. The number of rotatable bonds is 68. The second kappa shape index (κ2) is 55.8. The zero-order valence-electron chi connectivity index (χ0n) is 70.7. The van der Waals surface area contributed by atoms with Gasteiger partial charge < -0.3 is 120 Å². The van der Waals surface area contributed by atoms with Crippen LogP contribution in [0.25, 0.3) is 44.2 Å². The molecular weight excluding hydrogens is 1560 g/mol. The maximum atomic E-state index is 13.4. The van der Waals surface area contributed by atoms with Gasteiger partial charge in [-0.3, -0.25) is 4.79 Å². The maximum Gasteiger partial charge on any atom is 0.336 e. The lowest BCUT2D eigenvalue weighted by molar-refractivity contribution is 0.00160. The highest BCUT2D eigenvalue weighted by molar-refractivity contribution is 6.06. The largest absolute Gasteiger partial charge is 0.490 e. The monoisotopic (exact) mass is 1680 g/mol. The third kappa shape index (κ3) is 30.6. The van der Waals surface area contributed by atoms with Crippen molar-refractivity contribution in [2.45, 2.75) is 45.5 Å². The summed E-state index contributed by atoms with van der Waals surface area (Å²) in [6, 6.07) is 45.6. The molecule has 1 atom stereocenters. The molecule has 1 unspecified atom stereocenters. The van der Waals surface area contributed by atoms with Crippen LogP contribution in [0.15, 0.2) is 133 Å². The number of hydrogen-bond acceptors (Lipinski definition) is 26. The molecule has 27 nitrogen and oxygen atoms in total. The van der Waals surface area contributed by atoms with Crippen LogP contribution in [0, 0.1) is 13.8 Å². The number of hydrogen-bond donors (Lipinski definition) is 4. The van der Waals surface area contributed by atoms with E-state index in [-0.39, 0.29) is 124 Å². The van der Waals surface area contributed by atoms with E-state index in [9.17, 15) is 24.9 Å². The van der Waals surface area contributed by atoms with Crippen LogP contribution < -0.4 is 14.2 Å². The summed E-state index contributed by atoms with van der Waals surface area (Å²) in [5.41, 5.74) is 14.3. The molecule has 27 heteroatoms. The lowest BCUT2D eigenvalue weighted by atomic mass is 9.66. The minimum Gasteiger partial charge on any atom is -0.490 e. The van der Waals surface area contributed by atoms with Crippen molar-refractivity contribution in [3.63, 3.8) is 0 Å². The molecule has 9 rings (SSSR count). The molecule has 1 aliphatic rings. The first-order chi connectivity index (χ1) is 59.5. The molecule has 0 aromatic heterocycles. The fourth-order valence-corrected chi connectivity index (χ4v) is 14.1. The molecule has 8 aromatic rings. The van der Waals surface area contributed by atoms with E-state index in [2.05, 4.69) is 97.9 Å². The van der Waals surface area contributed by atoms with Crippen LogP contribution in [-0.2, 0) is 117 Å². The first-order valence-electron chi connectivity index (χ1n) is 41.4. The van der Waals surface area contributed by atoms with Crippen molar-refractivity contribution in [3.8, 4) is 50.6 Å². The second-order valence-electron chi connectivity index (χ2n) is 28.3. The number of carbonyl (C=O) groups is 2. The third-order valence-electron chi connectivity index (χ3n) is 19.7. The van der Waals surface area contributed by atoms with Gasteiger partial charge in [0.25, 0.3) is 0 Å². The highest BCUT2D eigenvalue weighted by Crippen LogP contribution is 2.58. The minimum absolute atomic E-state index is 0.0249. The van der Waals surface area contributed by atoms with Crippen molar-refractivity contribution in [1.29, 1.82) is 0 Å². The summed E-state index contributed by atoms with van der Waals surface area (Å²) in [7, 11) is 4.88. The lowest BCUT2D eigenvalue weighted by Crippen LogP contribution is -2.29. The number of methoxy groups -OCH3 is 3. The minimum atomic E-state index is -1.11. The first kappa shape index (κ1) is 96.5. The molecule has 0 aliphatic heterocycles. The van der Waals surface area contributed by atoms with Crippen LogP contribution in [0.5, 0.6) is 17.2 Å². The molecule has 660 valence electrons. The van der Waals surface area contributed by atoms with Crippen LogP contribution in [0.3, 0.4) is 0 Å². The van der Waals surface area contributed by atoms with Gasteiger partial charge in [-0.1, -0.05) is 109 Å². The molecule has 0 spiro atoms. The quantitative estimate of drug-likeness (QED) is 0.0203. The van der Waals surface area contributed by atoms with E-state index >= 15 is 0 Å². The maximum absolute atomic E-state index is 13.4. The summed E-state index contributed by atoms with van der Waals surface area (Å²) in [6.45, 7) is 15.0. The van der Waals surface area contributed by atoms with Gasteiger partial charge in [-0.25, -0.2) is 4.79 Å². The van der Waals surface area contributed by atoms with E-state index in [4.69, 9.17) is 105 Å². The third-order valence-corrected chi connectivity index (χ3v) is 19.7. The molecule has 0 radical (unpaired) electrons. The zero-order valence-corrected chi connectivity index (χ0v) is 70.7. The number of fused-ring (bicyclic) bond motifs is 4. The average Bonchev–Trinajstić information content (AvgIpc) is 1.54. The molecular formula is C94H122O27. The molecule has 1 aliphatic carbocycles. The van der Waals surface area contributed by atoms with Crippen LogP contribution >= 0.6 is 0 Å². The van der Waals surface area contributed by atoms with Crippen molar-refractivity contribution in [1.82, 2.24) is 0 Å². The lowest BCUT2D eigenvalue weighted by Gasteiger charge is -2.35. The molecule has 4 N–H and O–H groups in total. The van der Waals surface area contributed by atoms with Crippen molar-refractivity contribution < 1.29 is 129 Å². The highest BCUT2D eigenvalue weighted by atomic mass is 16.6. The summed E-state index contributed by atoms with van der Waals surface area (Å²) >= 11 is 0. The topological polar surface area (TPSA) is 309 Å². The standard InChI is InChI=1S/C94H122O27/c1-69-6-14-81-82-15-7-71(57-72-58-84(73-11-16-90(77(61-73)65-98)119-51-48-113-39-36-107-27-24-101-3)86-55-70(2)54-83(87(86)59-72)74-8-9-76(85(63-74)93(99)100)67-117-46-43-111-34-31-105-22-19-96)60-89(82)94(88(81)56-69,79-12-10-75(66-116-45-42-110-33-30-104-21-18-95)78(62-79)68-118-47-44-112-35-32-106-23-20-97)80-13-17-91(120-52-49-114-40-37-108-28-25-102-4)92(64-80)121-53-50-115-41-38-109-29-26-103-5/h6-17,54-56,58-65,95-97H,18-53,57,66-68H2,1-5H3,(H,99,100). The van der Waals surface area contributed by atoms with E-state index in [1.54, 1.807) is 33.5 Å². The van der Waals surface area contributed by atoms with Gasteiger partial charge in [0.2, 0.25) is 0 Å². The molecule has 0 saturated heterocycles. The highest BCUT2D eigenvalue weighted by Gasteiger charge is 2.47. The summed E-state index contributed by atoms with van der Waals surface area (Å²) in [4.78, 5) is 26.6. The fraction of sp³-hybridized carbons (Fsp3) is 0.489. The van der Waals surface area contributed by atoms with Gasteiger partial charge in [0.15, 0.2) is 17.8 Å². The van der Waals surface area contributed by atoms with E-state index < -0.39 is 11.4 Å². The van der Waals surface area contributed by atoms with Gasteiger partial charge in [0.05, 0.1) is 254 Å².